The molecule has 0 bridgehead atoms. The first-order valence-corrected chi connectivity index (χ1v) is 7.67. The summed E-state index contributed by atoms with van der Waals surface area (Å²) in [5.41, 5.74) is 1.25. The highest BCUT2D eigenvalue weighted by Gasteiger charge is 2.29. The molecule has 1 N–H and O–H groups in total. The molecule has 0 spiro atoms. The zero-order valence-corrected chi connectivity index (χ0v) is 13.7. The quantitative estimate of drug-likeness (QED) is 0.883. The van der Waals surface area contributed by atoms with Crippen molar-refractivity contribution in [1.29, 1.82) is 0 Å². The molecular formula is C19H22FNO2. The van der Waals surface area contributed by atoms with E-state index in [2.05, 4.69) is 12.2 Å². The molecule has 0 saturated heterocycles. The van der Waals surface area contributed by atoms with E-state index in [-0.39, 0.29) is 18.3 Å². The summed E-state index contributed by atoms with van der Waals surface area (Å²) in [7, 11) is 1.51. The largest absolute Gasteiger partial charge is 0.372 e. The van der Waals surface area contributed by atoms with Crippen molar-refractivity contribution in [3.63, 3.8) is 0 Å². The Kier molecular flexibility index (Phi) is 5.50. The van der Waals surface area contributed by atoms with E-state index in [0.29, 0.717) is 11.1 Å². The molecule has 0 fully saturated rings. The van der Waals surface area contributed by atoms with Gasteiger partial charge in [-0.15, -0.1) is 0 Å². The minimum atomic E-state index is -0.926. The second-order valence-electron chi connectivity index (χ2n) is 5.65. The van der Waals surface area contributed by atoms with E-state index in [1.807, 2.05) is 12.1 Å². The Morgan fingerprint density at radius 1 is 1.17 bits per heavy atom. The monoisotopic (exact) mass is 315 g/mol. The van der Waals surface area contributed by atoms with Crippen molar-refractivity contribution in [2.45, 2.75) is 25.9 Å². The average Bonchev–Trinajstić information content (AvgIpc) is 2.60. The second-order valence-corrected chi connectivity index (χ2v) is 5.65. The van der Waals surface area contributed by atoms with Gasteiger partial charge in [-0.05, 0) is 37.1 Å². The number of carbonyl (C=O) groups is 1. The van der Waals surface area contributed by atoms with E-state index in [4.69, 9.17) is 4.74 Å². The lowest BCUT2D eigenvalue weighted by atomic mass is 9.95. The van der Waals surface area contributed by atoms with Crippen LogP contribution in [0.5, 0.6) is 0 Å². The van der Waals surface area contributed by atoms with Gasteiger partial charge in [0, 0.05) is 18.2 Å². The summed E-state index contributed by atoms with van der Waals surface area (Å²) < 4.78 is 19.5. The first-order chi connectivity index (χ1) is 11.0. The Morgan fingerprint density at radius 3 is 2.39 bits per heavy atom. The number of amides is 1. The molecule has 0 heterocycles. The first kappa shape index (κ1) is 17.2. The van der Waals surface area contributed by atoms with Crippen LogP contribution in [0.2, 0.25) is 0 Å². The molecule has 2 aromatic carbocycles. The van der Waals surface area contributed by atoms with E-state index in [1.54, 1.807) is 37.3 Å². The number of hydrogen-bond acceptors (Lipinski definition) is 2. The molecule has 0 aliphatic rings. The fourth-order valence-electron chi connectivity index (χ4n) is 2.41. The number of benzene rings is 2. The molecule has 4 heteroatoms. The van der Waals surface area contributed by atoms with Crippen molar-refractivity contribution in [3.05, 3.63) is 71.0 Å². The van der Waals surface area contributed by atoms with Gasteiger partial charge in [-0.25, -0.2) is 4.39 Å². The van der Waals surface area contributed by atoms with Gasteiger partial charge < -0.3 is 10.1 Å². The predicted octanol–water partition coefficient (Wildman–Crippen LogP) is 3.68. The Balaban J connectivity index is 2.10. The van der Waals surface area contributed by atoms with Crippen molar-refractivity contribution in [1.82, 2.24) is 5.32 Å². The van der Waals surface area contributed by atoms with Crippen LogP contribution in [-0.2, 0) is 16.8 Å². The number of ether oxygens (including phenoxy) is 1. The highest BCUT2D eigenvalue weighted by atomic mass is 19.1. The van der Waals surface area contributed by atoms with Crippen LogP contribution in [0.15, 0.2) is 48.5 Å². The van der Waals surface area contributed by atoms with Crippen LogP contribution in [-0.4, -0.2) is 19.6 Å². The Labute approximate surface area is 136 Å². The molecule has 0 radical (unpaired) electrons. The van der Waals surface area contributed by atoms with Gasteiger partial charge in [0.2, 0.25) is 0 Å². The average molecular weight is 315 g/mol. The second kappa shape index (κ2) is 7.38. The number of nitrogens with one attached hydrogen (secondary N) is 1. The van der Waals surface area contributed by atoms with Crippen molar-refractivity contribution in [3.8, 4) is 0 Å². The van der Waals surface area contributed by atoms with Gasteiger partial charge in [0.15, 0.2) is 0 Å². The van der Waals surface area contributed by atoms with Gasteiger partial charge in [0.05, 0.1) is 6.54 Å². The van der Waals surface area contributed by atoms with Gasteiger partial charge in [0.25, 0.3) is 5.91 Å². The van der Waals surface area contributed by atoms with Crippen LogP contribution in [0.1, 0.15) is 35.3 Å². The number of aryl methyl sites for hydroxylation is 1. The molecule has 122 valence electrons. The highest BCUT2D eigenvalue weighted by Crippen LogP contribution is 2.26. The molecule has 2 rings (SSSR count). The smallest absolute Gasteiger partial charge is 0.251 e. The van der Waals surface area contributed by atoms with Gasteiger partial charge in [-0.3, -0.25) is 4.79 Å². The van der Waals surface area contributed by atoms with E-state index >= 15 is 0 Å². The van der Waals surface area contributed by atoms with Crippen molar-refractivity contribution < 1.29 is 13.9 Å². The molecule has 1 amide bonds. The molecule has 2 aromatic rings. The zero-order valence-electron chi connectivity index (χ0n) is 13.7. The summed E-state index contributed by atoms with van der Waals surface area (Å²) in [6.07, 6.45) is 0.928. The fraction of sp³-hybridized carbons (Fsp3) is 0.316. The predicted molar refractivity (Wildman–Crippen MR) is 88.9 cm³/mol. The minimum absolute atomic E-state index is 0.179. The Morgan fingerprint density at radius 2 is 1.83 bits per heavy atom. The van der Waals surface area contributed by atoms with E-state index < -0.39 is 5.60 Å². The number of hydrogen-bond donors (Lipinski definition) is 1. The molecule has 0 aliphatic carbocycles. The molecule has 23 heavy (non-hydrogen) atoms. The first-order valence-electron chi connectivity index (χ1n) is 7.67. The van der Waals surface area contributed by atoms with Crippen LogP contribution in [0, 0.1) is 5.82 Å². The highest BCUT2D eigenvalue weighted by molar-refractivity contribution is 5.94. The molecule has 1 atom stereocenters. The number of methoxy groups -OCH3 is 1. The zero-order chi connectivity index (χ0) is 16.9. The number of rotatable bonds is 6. The lowest BCUT2D eigenvalue weighted by molar-refractivity contribution is 0.000389. The molecule has 0 aromatic heterocycles. The summed E-state index contributed by atoms with van der Waals surface area (Å²) in [5.74, 6) is -0.550. The van der Waals surface area contributed by atoms with Crippen LogP contribution >= 0.6 is 0 Å². The van der Waals surface area contributed by atoms with Gasteiger partial charge >= 0.3 is 0 Å². The van der Waals surface area contributed by atoms with Gasteiger partial charge in [0.1, 0.15) is 11.4 Å². The van der Waals surface area contributed by atoms with Crippen LogP contribution in [0.25, 0.3) is 0 Å². The van der Waals surface area contributed by atoms with Crippen molar-refractivity contribution in [2.24, 2.45) is 0 Å². The molecule has 0 aliphatic heterocycles. The maximum Gasteiger partial charge on any atom is 0.251 e. The Hall–Kier alpha value is -2.20. The maximum atomic E-state index is 14.0. The molecule has 3 nitrogen and oxygen atoms in total. The summed E-state index contributed by atoms with van der Waals surface area (Å²) in [4.78, 5) is 12.3. The van der Waals surface area contributed by atoms with E-state index in [9.17, 15) is 9.18 Å². The van der Waals surface area contributed by atoms with Crippen molar-refractivity contribution in [2.75, 3.05) is 13.7 Å². The van der Waals surface area contributed by atoms with E-state index in [0.717, 1.165) is 6.42 Å². The van der Waals surface area contributed by atoms with E-state index in [1.165, 1.54) is 18.7 Å². The van der Waals surface area contributed by atoms with Crippen LogP contribution in [0.4, 0.5) is 4.39 Å². The van der Waals surface area contributed by atoms with Gasteiger partial charge in [-0.2, -0.15) is 0 Å². The summed E-state index contributed by atoms with van der Waals surface area (Å²) in [6, 6.07) is 13.9. The standard InChI is InChI=1S/C19H22FNO2/c1-4-14-9-11-15(12-10-14)18(22)21-13-19(2,23-3)16-7-5-6-8-17(16)20/h5-12H,4,13H2,1-3H3,(H,21,22). The third-order valence-corrected chi connectivity index (χ3v) is 4.10. The maximum absolute atomic E-state index is 14.0. The van der Waals surface area contributed by atoms with Gasteiger partial charge in [-0.1, -0.05) is 37.3 Å². The lowest BCUT2D eigenvalue weighted by Crippen LogP contribution is -2.40. The summed E-state index contributed by atoms with van der Waals surface area (Å²) >= 11 is 0. The third-order valence-electron chi connectivity index (χ3n) is 4.10. The number of carbonyl (C=O) groups excluding carboxylic acids is 1. The summed E-state index contributed by atoms with van der Waals surface area (Å²) in [5, 5.41) is 2.82. The normalized spacial score (nSPS) is 13.4. The Bertz CT molecular complexity index is 669. The molecule has 1 unspecified atom stereocenters. The van der Waals surface area contributed by atoms with Crippen LogP contribution < -0.4 is 5.32 Å². The minimum Gasteiger partial charge on any atom is -0.372 e. The third kappa shape index (κ3) is 3.96. The topological polar surface area (TPSA) is 38.3 Å². The molecular weight excluding hydrogens is 293 g/mol. The summed E-state index contributed by atoms with van der Waals surface area (Å²) in [6.45, 7) is 4.00. The van der Waals surface area contributed by atoms with Crippen LogP contribution in [0.3, 0.4) is 0 Å². The number of halogens is 1. The molecule has 0 saturated carbocycles. The lowest BCUT2D eigenvalue weighted by Gasteiger charge is -2.29. The fourth-order valence-corrected chi connectivity index (χ4v) is 2.41. The SMILES string of the molecule is CCc1ccc(C(=O)NCC(C)(OC)c2ccccc2F)cc1. The van der Waals surface area contributed by atoms with Crippen molar-refractivity contribution >= 4 is 5.91 Å².